The quantitative estimate of drug-likeness (QED) is 0.135. The molecule has 8 atom stereocenters. The summed E-state index contributed by atoms with van der Waals surface area (Å²) < 4.78 is 48.0. The second-order valence-electron chi connectivity index (χ2n) is 8.61. The number of halogens is 1. The van der Waals surface area contributed by atoms with E-state index in [1.807, 2.05) is 5.92 Å². The zero-order chi connectivity index (χ0) is 28.7. The van der Waals surface area contributed by atoms with Gasteiger partial charge in [-0.15, -0.1) is 6.42 Å². The number of aliphatic hydroxyl groups is 3. The lowest BCUT2D eigenvalue weighted by atomic mass is 9.93. The van der Waals surface area contributed by atoms with Crippen molar-refractivity contribution < 1.29 is 47.7 Å². The van der Waals surface area contributed by atoms with Crippen molar-refractivity contribution in [3.8, 4) is 12.3 Å². The van der Waals surface area contributed by atoms with Gasteiger partial charge in [-0.05, 0) is 6.07 Å². The van der Waals surface area contributed by atoms with Gasteiger partial charge in [-0.25, -0.2) is 14.2 Å². The summed E-state index contributed by atoms with van der Waals surface area (Å²) in [5.41, 5.74) is -0.224. The van der Waals surface area contributed by atoms with Gasteiger partial charge in [-0.1, -0.05) is 5.92 Å². The third kappa shape index (κ3) is 5.72. The van der Waals surface area contributed by atoms with Crippen LogP contribution in [0.2, 0.25) is 0 Å². The van der Waals surface area contributed by atoms with E-state index in [4.69, 9.17) is 30.7 Å². The predicted octanol–water partition coefficient (Wildman–Crippen LogP) is -3.08. The van der Waals surface area contributed by atoms with Gasteiger partial charge in [0.25, 0.3) is 5.56 Å². The number of aliphatic hydroxyl groups excluding tert-OH is 2. The molecule has 17 nitrogen and oxygen atoms in total. The standard InChI is InChI=1S/C20H23FN5O12P/c1-2-20(32)12(38-17(15(20)28)25-4-3-13(22)23-18(25)30)8-36-39(33,34)35-7-11-10(27)5-14(37-11)26-6-9(21)16(29)24-19(26)31/h1,3-4,6,10-12,14-15,17,27-28,32H,5,7-8H2,(H,33,34)(H2,22,23,30)(H,24,29,31)/t10-,11+,12-,14+,15+,17-,20-/m1/s1. The number of H-pyrrole nitrogens is 1. The lowest BCUT2D eigenvalue weighted by molar-refractivity contribution is -0.0683. The molecule has 1 unspecified atom stereocenters. The average molecular weight is 575 g/mol. The fourth-order valence-corrected chi connectivity index (χ4v) is 4.75. The van der Waals surface area contributed by atoms with E-state index >= 15 is 0 Å². The molecule has 0 saturated carbocycles. The highest BCUT2D eigenvalue weighted by Gasteiger charge is 2.56. The Morgan fingerprint density at radius 3 is 2.64 bits per heavy atom. The zero-order valence-corrected chi connectivity index (χ0v) is 20.6. The Kier molecular flexibility index (Phi) is 7.91. The molecule has 0 bridgehead atoms. The molecule has 0 aliphatic carbocycles. The van der Waals surface area contributed by atoms with Gasteiger partial charge in [0.1, 0.15) is 30.4 Å². The van der Waals surface area contributed by atoms with E-state index in [1.54, 1.807) is 4.98 Å². The molecule has 19 heteroatoms. The molecule has 4 rings (SSSR count). The smallest absolute Gasteiger partial charge is 0.390 e. The van der Waals surface area contributed by atoms with Gasteiger partial charge >= 0.3 is 19.2 Å². The van der Waals surface area contributed by atoms with Gasteiger partial charge < -0.3 is 35.4 Å². The van der Waals surface area contributed by atoms with Gasteiger partial charge in [0.15, 0.2) is 11.8 Å². The van der Waals surface area contributed by atoms with Crippen LogP contribution in [0.5, 0.6) is 0 Å². The van der Waals surface area contributed by atoms with Crippen LogP contribution in [0.15, 0.2) is 32.8 Å². The molecule has 7 N–H and O–H groups in total. The fraction of sp³-hybridized carbons (Fsp3) is 0.500. The van der Waals surface area contributed by atoms with Crippen molar-refractivity contribution >= 4 is 13.6 Å². The molecular weight excluding hydrogens is 552 g/mol. The second kappa shape index (κ2) is 10.7. The van der Waals surface area contributed by atoms with Crippen molar-refractivity contribution in [1.29, 1.82) is 0 Å². The first-order valence-electron chi connectivity index (χ1n) is 11.1. The number of aromatic amines is 1. The van der Waals surface area contributed by atoms with Crippen molar-refractivity contribution in [2.45, 2.75) is 48.9 Å². The van der Waals surface area contributed by atoms with Crippen LogP contribution in [0.1, 0.15) is 18.9 Å². The summed E-state index contributed by atoms with van der Waals surface area (Å²) in [5, 5.41) is 31.5. The molecule has 0 amide bonds. The number of phosphoric acid groups is 1. The second-order valence-corrected chi connectivity index (χ2v) is 10.1. The third-order valence-electron chi connectivity index (χ3n) is 6.10. The Hall–Kier alpha value is -3.24. The number of aromatic nitrogens is 4. The predicted molar refractivity (Wildman–Crippen MR) is 124 cm³/mol. The average Bonchev–Trinajstić information content (AvgIpc) is 3.36. The number of hydrogen-bond acceptors (Lipinski definition) is 13. The molecule has 2 aliphatic heterocycles. The number of phosphoric ester groups is 1. The Labute approximate surface area is 216 Å². The highest BCUT2D eigenvalue weighted by molar-refractivity contribution is 7.47. The molecular formula is C20H23FN5O12P. The summed E-state index contributed by atoms with van der Waals surface area (Å²) in [6.45, 7) is -1.64. The number of rotatable bonds is 8. The summed E-state index contributed by atoms with van der Waals surface area (Å²) in [6.07, 6.45) is -2.09. The van der Waals surface area contributed by atoms with E-state index in [0.29, 0.717) is 10.8 Å². The lowest BCUT2D eigenvalue weighted by Gasteiger charge is -2.25. The SMILES string of the molecule is C#C[C@@]1(O)[C@@H](COP(=O)(O)OC[C@@H]2O[C@H](n3cc(F)c(=O)[nH]c3=O)C[C@H]2O)O[C@@H](n2ccc(N)nc2=O)[C@@H]1O. The minimum Gasteiger partial charge on any atom is -0.390 e. The van der Waals surface area contributed by atoms with Gasteiger partial charge in [-0.3, -0.25) is 28.0 Å². The van der Waals surface area contributed by atoms with Crippen molar-refractivity contribution in [2.75, 3.05) is 18.9 Å². The van der Waals surface area contributed by atoms with E-state index in [-0.39, 0.29) is 12.2 Å². The van der Waals surface area contributed by atoms with Crippen LogP contribution in [0, 0.1) is 18.2 Å². The molecule has 39 heavy (non-hydrogen) atoms. The number of nitrogens with two attached hydrogens (primary N) is 1. The van der Waals surface area contributed by atoms with Crippen LogP contribution >= 0.6 is 7.82 Å². The third-order valence-corrected chi connectivity index (χ3v) is 7.05. The molecule has 2 aliphatic rings. The minimum atomic E-state index is -4.94. The van der Waals surface area contributed by atoms with Crippen molar-refractivity contribution in [1.82, 2.24) is 19.1 Å². The number of anilines is 1. The van der Waals surface area contributed by atoms with E-state index in [1.165, 1.54) is 6.07 Å². The van der Waals surface area contributed by atoms with Crippen LogP contribution in [0.25, 0.3) is 0 Å². The van der Waals surface area contributed by atoms with Gasteiger partial charge in [0.2, 0.25) is 5.82 Å². The fourth-order valence-electron chi connectivity index (χ4n) is 4.01. The number of ether oxygens (including phenoxy) is 2. The van der Waals surface area contributed by atoms with Crippen molar-refractivity contribution in [3.05, 3.63) is 55.6 Å². The van der Waals surface area contributed by atoms with Gasteiger partial charge in [0, 0.05) is 12.6 Å². The molecule has 0 aromatic carbocycles. The largest absolute Gasteiger partial charge is 0.472 e. The molecule has 2 aromatic rings. The molecule has 0 spiro atoms. The Morgan fingerprint density at radius 1 is 1.28 bits per heavy atom. The van der Waals surface area contributed by atoms with E-state index in [2.05, 4.69) is 4.98 Å². The summed E-state index contributed by atoms with van der Waals surface area (Å²) in [5.74, 6) is 0.533. The van der Waals surface area contributed by atoms with Crippen molar-refractivity contribution in [2.24, 2.45) is 0 Å². The number of terminal acetylenes is 1. The van der Waals surface area contributed by atoms with Crippen LogP contribution in [-0.2, 0) is 23.1 Å². The maximum Gasteiger partial charge on any atom is 0.472 e. The highest BCUT2D eigenvalue weighted by atomic mass is 31.2. The zero-order valence-electron chi connectivity index (χ0n) is 19.7. The lowest BCUT2D eigenvalue weighted by Crippen LogP contribution is -2.48. The highest BCUT2D eigenvalue weighted by Crippen LogP contribution is 2.46. The monoisotopic (exact) mass is 575 g/mol. The molecule has 2 saturated heterocycles. The summed E-state index contributed by atoms with van der Waals surface area (Å²) >= 11 is 0. The summed E-state index contributed by atoms with van der Waals surface area (Å²) in [6, 6.07) is 1.22. The van der Waals surface area contributed by atoms with Crippen molar-refractivity contribution in [3.63, 3.8) is 0 Å². The molecule has 212 valence electrons. The normalized spacial score (nSPS) is 32.1. The molecule has 2 fully saturated rings. The molecule has 2 aromatic heterocycles. The molecule has 0 radical (unpaired) electrons. The minimum absolute atomic E-state index is 0.116. The number of hydrogen-bond donors (Lipinski definition) is 6. The number of nitrogens with one attached hydrogen (secondary N) is 1. The van der Waals surface area contributed by atoms with E-state index in [9.17, 15) is 43.6 Å². The topological polar surface area (TPSA) is 251 Å². The van der Waals surface area contributed by atoms with Gasteiger partial charge in [0.05, 0.1) is 25.5 Å². The maximum atomic E-state index is 13.6. The first-order valence-corrected chi connectivity index (χ1v) is 12.6. The Morgan fingerprint density at radius 2 is 1.97 bits per heavy atom. The first kappa shape index (κ1) is 28.8. The maximum absolute atomic E-state index is 13.6. The van der Waals surface area contributed by atoms with E-state index in [0.717, 1.165) is 10.8 Å². The van der Waals surface area contributed by atoms with Crippen LogP contribution < -0.4 is 22.7 Å². The summed E-state index contributed by atoms with van der Waals surface area (Å²) in [7, 11) is -4.94. The Balaban J connectivity index is 1.38. The first-order chi connectivity index (χ1) is 18.3. The summed E-state index contributed by atoms with van der Waals surface area (Å²) in [4.78, 5) is 50.5. The number of nitrogens with zero attached hydrogens (tertiary/aromatic N) is 3. The van der Waals surface area contributed by atoms with Crippen LogP contribution in [0.3, 0.4) is 0 Å². The van der Waals surface area contributed by atoms with Gasteiger partial charge in [-0.2, -0.15) is 9.37 Å². The van der Waals surface area contributed by atoms with E-state index < -0.39 is 86.3 Å². The Bertz CT molecular complexity index is 1510. The van der Waals surface area contributed by atoms with Crippen LogP contribution in [0.4, 0.5) is 10.2 Å². The molecule has 4 heterocycles. The van der Waals surface area contributed by atoms with Crippen LogP contribution in [-0.4, -0.2) is 82.5 Å². The number of nitrogen functional groups attached to an aromatic ring is 1.